The Bertz CT molecular complexity index is 629. The van der Waals surface area contributed by atoms with Gasteiger partial charge in [-0.05, 0) is 23.8 Å². The Hall–Kier alpha value is -2.27. The summed E-state index contributed by atoms with van der Waals surface area (Å²) < 4.78 is 13.6. The number of nitrogens with two attached hydrogens (primary N) is 1. The molecular formula is C14H13ClFN3O. The fraction of sp³-hybridized carbons (Fsp3) is 0.0714. The van der Waals surface area contributed by atoms with Crippen LogP contribution >= 0.6 is 11.6 Å². The third-order valence-corrected chi connectivity index (χ3v) is 3.01. The second-order valence-corrected chi connectivity index (χ2v) is 4.60. The van der Waals surface area contributed by atoms with Crippen molar-refractivity contribution in [1.82, 2.24) is 0 Å². The molecule has 2 aromatic rings. The van der Waals surface area contributed by atoms with Crippen LogP contribution in [0.2, 0.25) is 5.02 Å². The number of benzene rings is 2. The summed E-state index contributed by atoms with van der Waals surface area (Å²) in [4.78, 5) is 0. The van der Waals surface area contributed by atoms with Gasteiger partial charge in [0.2, 0.25) is 0 Å². The lowest BCUT2D eigenvalue weighted by atomic mass is 10.1. The van der Waals surface area contributed by atoms with Crippen molar-refractivity contribution in [3.8, 4) is 0 Å². The normalized spacial score (nSPS) is 11.4. The fourth-order valence-electron chi connectivity index (χ4n) is 1.68. The number of hydrogen-bond acceptors (Lipinski definition) is 3. The quantitative estimate of drug-likeness (QED) is 0.351. The Morgan fingerprint density at radius 1 is 1.25 bits per heavy atom. The molecule has 2 aromatic carbocycles. The zero-order valence-electron chi connectivity index (χ0n) is 10.5. The SMILES string of the molecule is NC(=NO)c1ccc(CNc2ccc(Cl)cc2F)cc1. The van der Waals surface area contributed by atoms with E-state index < -0.39 is 5.82 Å². The molecule has 0 amide bonds. The third kappa shape index (κ3) is 3.39. The van der Waals surface area contributed by atoms with Crippen LogP contribution in [-0.4, -0.2) is 11.0 Å². The highest BCUT2D eigenvalue weighted by molar-refractivity contribution is 6.30. The van der Waals surface area contributed by atoms with Crippen LogP contribution in [0.5, 0.6) is 0 Å². The van der Waals surface area contributed by atoms with Gasteiger partial charge in [0.05, 0.1) is 5.69 Å². The van der Waals surface area contributed by atoms with Crippen LogP contribution in [0, 0.1) is 5.82 Å². The zero-order valence-corrected chi connectivity index (χ0v) is 11.2. The molecule has 20 heavy (non-hydrogen) atoms. The fourth-order valence-corrected chi connectivity index (χ4v) is 1.84. The Labute approximate surface area is 120 Å². The van der Waals surface area contributed by atoms with E-state index in [1.165, 1.54) is 6.07 Å². The molecule has 0 spiro atoms. The summed E-state index contributed by atoms with van der Waals surface area (Å²) in [6.45, 7) is 0.453. The molecule has 0 heterocycles. The maximum absolute atomic E-state index is 13.6. The molecular weight excluding hydrogens is 281 g/mol. The molecule has 0 unspecified atom stereocenters. The molecule has 4 N–H and O–H groups in total. The number of hydrogen-bond donors (Lipinski definition) is 3. The number of oxime groups is 1. The standard InChI is InChI=1S/C14H13ClFN3O/c15-11-5-6-13(12(16)7-11)18-8-9-1-3-10(4-2-9)14(17)19-20/h1-7,18,20H,8H2,(H2,17,19). The minimum absolute atomic E-state index is 0.0493. The van der Waals surface area contributed by atoms with Gasteiger partial charge >= 0.3 is 0 Å². The number of nitrogens with one attached hydrogen (secondary N) is 1. The molecule has 0 atom stereocenters. The molecule has 0 aliphatic carbocycles. The first-order valence-corrected chi connectivity index (χ1v) is 6.23. The number of amidine groups is 1. The summed E-state index contributed by atoms with van der Waals surface area (Å²) in [5.74, 6) is -0.348. The van der Waals surface area contributed by atoms with Gasteiger partial charge in [0.15, 0.2) is 5.84 Å². The van der Waals surface area contributed by atoms with Crippen LogP contribution < -0.4 is 11.1 Å². The second kappa shape index (κ2) is 6.25. The molecule has 0 bridgehead atoms. The monoisotopic (exact) mass is 293 g/mol. The third-order valence-electron chi connectivity index (χ3n) is 2.77. The van der Waals surface area contributed by atoms with Crippen LogP contribution in [0.4, 0.5) is 10.1 Å². The Morgan fingerprint density at radius 2 is 1.95 bits per heavy atom. The van der Waals surface area contributed by atoms with E-state index in [-0.39, 0.29) is 5.84 Å². The molecule has 0 fully saturated rings. The summed E-state index contributed by atoms with van der Waals surface area (Å²) >= 11 is 5.68. The van der Waals surface area contributed by atoms with E-state index in [0.29, 0.717) is 22.8 Å². The summed E-state index contributed by atoms with van der Waals surface area (Å²) in [5, 5.41) is 14.8. The zero-order chi connectivity index (χ0) is 14.5. The smallest absolute Gasteiger partial charge is 0.170 e. The second-order valence-electron chi connectivity index (χ2n) is 4.16. The molecule has 0 radical (unpaired) electrons. The predicted molar refractivity (Wildman–Crippen MR) is 77.7 cm³/mol. The molecule has 0 aromatic heterocycles. The van der Waals surface area contributed by atoms with E-state index in [9.17, 15) is 4.39 Å². The largest absolute Gasteiger partial charge is 0.409 e. The average molecular weight is 294 g/mol. The molecule has 0 saturated heterocycles. The first-order valence-electron chi connectivity index (χ1n) is 5.86. The van der Waals surface area contributed by atoms with Gasteiger partial charge in [0.25, 0.3) is 0 Å². The predicted octanol–water partition coefficient (Wildman–Crippen LogP) is 3.19. The van der Waals surface area contributed by atoms with Crippen molar-refractivity contribution in [2.24, 2.45) is 10.9 Å². The average Bonchev–Trinajstić information content (AvgIpc) is 2.46. The maximum Gasteiger partial charge on any atom is 0.170 e. The van der Waals surface area contributed by atoms with E-state index in [1.54, 1.807) is 24.3 Å². The Morgan fingerprint density at radius 3 is 2.55 bits per heavy atom. The summed E-state index contributed by atoms with van der Waals surface area (Å²) in [7, 11) is 0. The summed E-state index contributed by atoms with van der Waals surface area (Å²) in [5.41, 5.74) is 7.41. The summed E-state index contributed by atoms with van der Waals surface area (Å²) in [6.07, 6.45) is 0. The van der Waals surface area contributed by atoms with Crippen molar-refractivity contribution in [3.63, 3.8) is 0 Å². The number of halogens is 2. The van der Waals surface area contributed by atoms with Crippen molar-refractivity contribution in [2.45, 2.75) is 6.54 Å². The molecule has 0 aliphatic heterocycles. The van der Waals surface area contributed by atoms with Gasteiger partial charge in [-0.3, -0.25) is 0 Å². The molecule has 4 nitrogen and oxygen atoms in total. The highest BCUT2D eigenvalue weighted by Crippen LogP contribution is 2.19. The topological polar surface area (TPSA) is 70.6 Å². The molecule has 2 rings (SSSR count). The molecule has 0 aliphatic rings. The van der Waals surface area contributed by atoms with E-state index in [4.69, 9.17) is 22.5 Å². The lowest BCUT2D eigenvalue weighted by Gasteiger charge is -2.08. The van der Waals surface area contributed by atoms with E-state index in [2.05, 4.69) is 10.5 Å². The minimum Gasteiger partial charge on any atom is -0.409 e. The minimum atomic E-state index is -0.397. The van der Waals surface area contributed by atoms with Crippen molar-refractivity contribution in [2.75, 3.05) is 5.32 Å². The molecule has 104 valence electrons. The maximum atomic E-state index is 13.6. The van der Waals surface area contributed by atoms with Gasteiger partial charge in [-0.15, -0.1) is 0 Å². The molecule has 6 heteroatoms. The number of rotatable bonds is 4. The van der Waals surface area contributed by atoms with Crippen molar-refractivity contribution in [1.29, 1.82) is 0 Å². The van der Waals surface area contributed by atoms with Gasteiger partial charge in [-0.2, -0.15) is 0 Å². The first-order chi connectivity index (χ1) is 9.60. The van der Waals surface area contributed by atoms with Crippen LogP contribution in [0.3, 0.4) is 0 Å². The van der Waals surface area contributed by atoms with Gasteiger partial charge in [0.1, 0.15) is 5.82 Å². The highest BCUT2D eigenvalue weighted by atomic mass is 35.5. The first kappa shape index (κ1) is 14.1. The van der Waals surface area contributed by atoms with Gasteiger partial charge in [-0.1, -0.05) is 41.0 Å². The van der Waals surface area contributed by atoms with E-state index in [0.717, 1.165) is 5.56 Å². The molecule has 0 saturated carbocycles. The Kier molecular flexibility index (Phi) is 4.42. The van der Waals surface area contributed by atoms with E-state index in [1.807, 2.05) is 12.1 Å². The van der Waals surface area contributed by atoms with E-state index >= 15 is 0 Å². The number of anilines is 1. The van der Waals surface area contributed by atoms with Crippen LogP contribution in [0.15, 0.2) is 47.6 Å². The lowest BCUT2D eigenvalue weighted by molar-refractivity contribution is 0.318. The van der Waals surface area contributed by atoms with Gasteiger partial charge < -0.3 is 16.3 Å². The van der Waals surface area contributed by atoms with Crippen LogP contribution in [-0.2, 0) is 6.54 Å². The van der Waals surface area contributed by atoms with Crippen molar-refractivity contribution < 1.29 is 9.60 Å². The van der Waals surface area contributed by atoms with Gasteiger partial charge in [0, 0.05) is 17.1 Å². The lowest BCUT2D eigenvalue weighted by Crippen LogP contribution is -2.13. The highest BCUT2D eigenvalue weighted by Gasteiger charge is 2.03. The van der Waals surface area contributed by atoms with Crippen molar-refractivity contribution >= 4 is 23.1 Å². The summed E-state index contributed by atoms with van der Waals surface area (Å²) in [6, 6.07) is 11.5. The van der Waals surface area contributed by atoms with Gasteiger partial charge in [-0.25, -0.2) is 4.39 Å². The number of nitrogens with zero attached hydrogens (tertiary/aromatic N) is 1. The van der Waals surface area contributed by atoms with Crippen LogP contribution in [0.25, 0.3) is 0 Å². The Balaban J connectivity index is 2.04. The van der Waals surface area contributed by atoms with Crippen LogP contribution in [0.1, 0.15) is 11.1 Å². The van der Waals surface area contributed by atoms with Crippen molar-refractivity contribution in [3.05, 3.63) is 64.4 Å².